The van der Waals surface area contributed by atoms with Gasteiger partial charge in [-0.25, -0.2) is 9.97 Å². The van der Waals surface area contributed by atoms with Gasteiger partial charge in [-0.15, -0.1) is 0 Å². The molecule has 0 saturated heterocycles. The molecule has 0 atom stereocenters. The van der Waals surface area contributed by atoms with Gasteiger partial charge in [0.15, 0.2) is 5.82 Å². The molecule has 0 unspecified atom stereocenters. The van der Waals surface area contributed by atoms with Crippen LogP contribution in [0, 0.1) is 11.3 Å². The van der Waals surface area contributed by atoms with Crippen molar-refractivity contribution in [3.8, 4) is 73.4 Å². The third-order valence-electron chi connectivity index (χ3n) is 11.6. The molecule has 0 amide bonds. The normalized spacial score (nSPS) is 12.9. The summed E-state index contributed by atoms with van der Waals surface area (Å²) in [6.45, 7) is 0. The maximum atomic E-state index is 10.1. The number of nitriles is 1. The molecule has 0 radical (unpaired) electrons. The van der Waals surface area contributed by atoms with Crippen LogP contribution in [0.1, 0.15) is 27.8 Å². The molecule has 3 nitrogen and oxygen atoms in total. The van der Waals surface area contributed by atoms with E-state index in [1.165, 1.54) is 43.2 Å². The fourth-order valence-electron chi connectivity index (χ4n) is 8.99. The summed E-state index contributed by atoms with van der Waals surface area (Å²) in [6.07, 6.45) is 0. The summed E-state index contributed by atoms with van der Waals surface area (Å²) in [7, 11) is 0. The number of benzene rings is 8. The van der Waals surface area contributed by atoms with Crippen LogP contribution in [0.5, 0.6) is 0 Å². The Kier molecular flexibility index (Phi) is 8.03. The Hall–Kier alpha value is -7.32. The van der Waals surface area contributed by atoms with Crippen LogP contribution in [0.3, 0.4) is 0 Å². The summed E-state index contributed by atoms with van der Waals surface area (Å²) in [5, 5.41) is 10.1. The highest BCUT2D eigenvalue weighted by Crippen LogP contribution is 2.62. The SMILES string of the molecule is N#Cc1ccccc1-c1ccc2c(c1)-c1cc(-c3ccc(-c4cc(-c5ccccc5)nc(-c5ccccc5)n4)cc3)ccc1C21c2ccccc2Sc2ccccc21. The molecule has 1 aliphatic heterocycles. The van der Waals surface area contributed by atoms with Crippen LogP contribution in [0.4, 0.5) is 0 Å². The van der Waals surface area contributed by atoms with E-state index in [1.54, 1.807) is 0 Å². The number of fused-ring (bicyclic) bond motifs is 9. The summed E-state index contributed by atoms with van der Waals surface area (Å²) in [4.78, 5) is 12.6. The molecule has 11 rings (SSSR count). The summed E-state index contributed by atoms with van der Waals surface area (Å²) >= 11 is 1.85. The van der Waals surface area contributed by atoms with E-state index in [9.17, 15) is 5.26 Å². The lowest BCUT2D eigenvalue weighted by Gasteiger charge is -2.39. The quantitative estimate of drug-likeness (QED) is 0.175. The zero-order chi connectivity index (χ0) is 38.6. The number of hydrogen-bond acceptors (Lipinski definition) is 4. The molecular formula is C54H33N3S. The fraction of sp³-hybridized carbons (Fsp3) is 0.0185. The second kappa shape index (κ2) is 13.7. The largest absolute Gasteiger partial charge is 0.228 e. The molecule has 2 aliphatic rings. The predicted octanol–water partition coefficient (Wildman–Crippen LogP) is 13.5. The summed E-state index contributed by atoms with van der Waals surface area (Å²) in [5.74, 6) is 0.702. The molecular weight excluding hydrogens is 723 g/mol. The third kappa shape index (κ3) is 5.36. The summed E-state index contributed by atoms with van der Waals surface area (Å²) in [6, 6.07) is 73.2. The number of aromatic nitrogens is 2. The average molecular weight is 756 g/mol. The van der Waals surface area contributed by atoms with Gasteiger partial charge in [0.1, 0.15) is 0 Å². The van der Waals surface area contributed by atoms with Crippen LogP contribution in [0.2, 0.25) is 0 Å². The van der Waals surface area contributed by atoms with E-state index in [1.807, 2.05) is 66.4 Å². The molecule has 0 saturated carbocycles. The minimum atomic E-state index is -0.487. The topological polar surface area (TPSA) is 49.6 Å². The van der Waals surface area contributed by atoms with Gasteiger partial charge in [-0.1, -0.05) is 176 Å². The van der Waals surface area contributed by atoms with Crippen LogP contribution in [0.25, 0.3) is 67.3 Å². The highest BCUT2D eigenvalue weighted by Gasteiger charge is 2.50. The van der Waals surface area contributed by atoms with Crippen molar-refractivity contribution in [2.24, 2.45) is 0 Å². The molecule has 1 aliphatic carbocycles. The van der Waals surface area contributed by atoms with Crippen LogP contribution in [-0.4, -0.2) is 9.97 Å². The lowest BCUT2D eigenvalue weighted by Crippen LogP contribution is -2.31. The maximum Gasteiger partial charge on any atom is 0.160 e. The lowest BCUT2D eigenvalue weighted by atomic mass is 9.67. The molecule has 58 heavy (non-hydrogen) atoms. The average Bonchev–Trinajstić information content (AvgIpc) is 3.58. The predicted molar refractivity (Wildman–Crippen MR) is 235 cm³/mol. The van der Waals surface area contributed by atoms with Gasteiger partial charge in [0.25, 0.3) is 0 Å². The van der Waals surface area contributed by atoms with Crippen molar-refractivity contribution in [2.45, 2.75) is 15.2 Å². The molecule has 9 aromatic rings. The van der Waals surface area contributed by atoms with E-state index in [-0.39, 0.29) is 0 Å². The van der Waals surface area contributed by atoms with Crippen molar-refractivity contribution >= 4 is 11.8 Å². The molecule has 2 heterocycles. The zero-order valence-electron chi connectivity index (χ0n) is 31.3. The van der Waals surface area contributed by atoms with E-state index in [0.29, 0.717) is 11.4 Å². The minimum Gasteiger partial charge on any atom is -0.228 e. The van der Waals surface area contributed by atoms with Gasteiger partial charge >= 0.3 is 0 Å². The third-order valence-corrected chi connectivity index (χ3v) is 12.8. The van der Waals surface area contributed by atoms with Gasteiger partial charge in [0.2, 0.25) is 0 Å². The van der Waals surface area contributed by atoms with Crippen LogP contribution < -0.4 is 0 Å². The lowest BCUT2D eigenvalue weighted by molar-refractivity contribution is 0.722. The van der Waals surface area contributed by atoms with Crippen molar-refractivity contribution in [3.63, 3.8) is 0 Å². The molecule has 1 aromatic heterocycles. The van der Waals surface area contributed by atoms with Crippen molar-refractivity contribution < 1.29 is 0 Å². The maximum absolute atomic E-state index is 10.1. The first kappa shape index (κ1) is 34.0. The molecule has 270 valence electrons. The fourth-order valence-corrected chi connectivity index (χ4v) is 10.2. The van der Waals surface area contributed by atoms with E-state index >= 15 is 0 Å². The Morgan fingerprint density at radius 3 is 1.50 bits per heavy atom. The first-order valence-electron chi connectivity index (χ1n) is 19.5. The first-order chi connectivity index (χ1) is 28.7. The highest BCUT2D eigenvalue weighted by atomic mass is 32.2. The molecule has 1 spiro atoms. The Morgan fingerprint density at radius 2 is 0.862 bits per heavy atom. The number of hydrogen-bond donors (Lipinski definition) is 0. The van der Waals surface area contributed by atoms with E-state index < -0.39 is 5.41 Å². The van der Waals surface area contributed by atoms with Crippen molar-refractivity contribution in [2.75, 3.05) is 0 Å². The Balaban J connectivity index is 1.07. The molecule has 4 heteroatoms. The van der Waals surface area contributed by atoms with Gasteiger partial charge in [0, 0.05) is 26.5 Å². The first-order valence-corrected chi connectivity index (χ1v) is 20.3. The van der Waals surface area contributed by atoms with Crippen LogP contribution >= 0.6 is 11.8 Å². The van der Waals surface area contributed by atoms with Crippen molar-refractivity contribution in [3.05, 3.63) is 228 Å². The monoisotopic (exact) mass is 755 g/mol. The summed E-state index contributed by atoms with van der Waals surface area (Å²) in [5.41, 5.74) is 16.8. The summed E-state index contributed by atoms with van der Waals surface area (Å²) < 4.78 is 0. The van der Waals surface area contributed by atoms with Gasteiger partial charge in [-0.05, 0) is 92.0 Å². The molecule has 0 fully saturated rings. The van der Waals surface area contributed by atoms with Crippen LogP contribution in [-0.2, 0) is 5.41 Å². The molecule has 8 aromatic carbocycles. The second-order valence-electron chi connectivity index (χ2n) is 14.8. The second-order valence-corrected chi connectivity index (χ2v) is 15.9. The Bertz CT molecular complexity index is 2990. The van der Waals surface area contributed by atoms with Gasteiger partial charge in [0.05, 0.1) is 28.4 Å². The smallest absolute Gasteiger partial charge is 0.160 e. The van der Waals surface area contributed by atoms with Crippen molar-refractivity contribution in [1.82, 2.24) is 9.97 Å². The minimum absolute atomic E-state index is 0.487. The van der Waals surface area contributed by atoms with E-state index in [0.717, 1.165) is 50.3 Å². The molecule has 0 bridgehead atoms. The Morgan fingerprint density at radius 1 is 0.379 bits per heavy atom. The standard InChI is InChI=1S/C54H33N3S/c55-34-41-17-7-8-18-42(41)40-28-30-46-44(32-40)43-31-39(27-29-45(43)54(46)47-19-9-11-21-51(47)58-52-22-12-10-20-48(52)54)35-23-25-37(26-24-35)50-33-49(36-13-3-1-4-14-36)56-53(57-50)38-15-5-2-6-16-38/h1-33H. The van der Waals surface area contributed by atoms with E-state index in [2.05, 4.69) is 152 Å². The van der Waals surface area contributed by atoms with Gasteiger partial charge in [-0.3, -0.25) is 0 Å². The number of nitrogens with zero attached hydrogens (tertiary/aromatic N) is 3. The van der Waals surface area contributed by atoms with Gasteiger partial charge in [-0.2, -0.15) is 5.26 Å². The van der Waals surface area contributed by atoms with Crippen LogP contribution in [0.15, 0.2) is 210 Å². The van der Waals surface area contributed by atoms with Gasteiger partial charge < -0.3 is 0 Å². The zero-order valence-corrected chi connectivity index (χ0v) is 32.1. The Labute approximate surface area is 342 Å². The van der Waals surface area contributed by atoms with E-state index in [4.69, 9.17) is 9.97 Å². The highest BCUT2D eigenvalue weighted by molar-refractivity contribution is 7.99. The molecule has 0 N–H and O–H groups in total. The van der Waals surface area contributed by atoms with Crippen molar-refractivity contribution in [1.29, 1.82) is 5.26 Å². The number of rotatable bonds is 5.